The fourth-order valence-corrected chi connectivity index (χ4v) is 5.46. The van der Waals surface area contributed by atoms with Gasteiger partial charge in [-0.2, -0.15) is 4.31 Å². The van der Waals surface area contributed by atoms with E-state index < -0.39 is 10.0 Å². The molecule has 1 aromatic heterocycles. The third kappa shape index (κ3) is 1.83. The minimum atomic E-state index is -3.52. The lowest BCUT2D eigenvalue weighted by Crippen LogP contribution is -2.47. The maximum absolute atomic E-state index is 12.9. The second-order valence-corrected chi connectivity index (χ2v) is 8.26. The van der Waals surface area contributed by atoms with E-state index in [1.807, 2.05) is 27.8 Å². The molecule has 0 aromatic carbocycles. The number of hydrogen-bond donors (Lipinski definition) is 1. The van der Waals surface area contributed by atoms with Gasteiger partial charge >= 0.3 is 0 Å². The summed E-state index contributed by atoms with van der Waals surface area (Å²) in [6, 6.07) is 0. The SMILES string of the molecule is Cc1nc(S(=O)(=O)N2CC3CNCC3C2(C)C)cn1C. The molecule has 1 N–H and O–H groups in total. The molecule has 20 heavy (non-hydrogen) atoms. The van der Waals surface area contributed by atoms with E-state index >= 15 is 0 Å². The van der Waals surface area contributed by atoms with E-state index in [4.69, 9.17) is 0 Å². The molecule has 0 bridgehead atoms. The summed E-state index contributed by atoms with van der Waals surface area (Å²) in [7, 11) is -1.70. The van der Waals surface area contributed by atoms with Gasteiger partial charge in [0.1, 0.15) is 5.82 Å². The van der Waals surface area contributed by atoms with Crippen molar-refractivity contribution < 1.29 is 8.42 Å². The molecule has 2 fully saturated rings. The van der Waals surface area contributed by atoms with Gasteiger partial charge in [0.15, 0.2) is 5.03 Å². The minimum absolute atomic E-state index is 0.165. The van der Waals surface area contributed by atoms with E-state index in [9.17, 15) is 8.42 Å². The summed E-state index contributed by atoms with van der Waals surface area (Å²) in [4.78, 5) is 4.20. The third-order valence-corrected chi connectivity index (χ3v) is 6.86. The van der Waals surface area contributed by atoms with Crippen molar-refractivity contribution in [2.24, 2.45) is 18.9 Å². The summed E-state index contributed by atoms with van der Waals surface area (Å²) in [6.07, 6.45) is 1.60. The number of imidazole rings is 1. The van der Waals surface area contributed by atoms with Crippen LogP contribution in [0, 0.1) is 18.8 Å². The van der Waals surface area contributed by atoms with Crippen LogP contribution < -0.4 is 5.32 Å². The number of rotatable bonds is 2. The molecule has 2 saturated heterocycles. The molecule has 2 unspecified atom stereocenters. The van der Waals surface area contributed by atoms with Crippen molar-refractivity contribution in [2.45, 2.75) is 31.3 Å². The molecular weight excluding hydrogens is 276 g/mol. The van der Waals surface area contributed by atoms with Crippen LogP contribution in [0.1, 0.15) is 19.7 Å². The van der Waals surface area contributed by atoms with Crippen LogP contribution >= 0.6 is 0 Å². The second kappa shape index (κ2) is 4.29. The molecule has 0 radical (unpaired) electrons. The molecule has 2 aliphatic rings. The van der Waals surface area contributed by atoms with E-state index in [1.165, 1.54) is 0 Å². The summed E-state index contributed by atoms with van der Waals surface area (Å²) in [6.45, 7) is 8.25. The molecule has 7 heteroatoms. The molecule has 3 heterocycles. The van der Waals surface area contributed by atoms with Crippen LogP contribution in [0.25, 0.3) is 0 Å². The molecule has 0 spiro atoms. The molecule has 112 valence electrons. The zero-order chi connectivity index (χ0) is 14.7. The Morgan fingerprint density at radius 2 is 2.10 bits per heavy atom. The van der Waals surface area contributed by atoms with Crippen LogP contribution in [-0.2, 0) is 17.1 Å². The Bertz CT molecular complexity index is 615. The molecule has 0 saturated carbocycles. The van der Waals surface area contributed by atoms with Crippen molar-refractivity contribution >= 4 is 10.0 Å². The topological polar surface area (TPSA) is 67.2 Å². The summed E-state index contributed by atoms with van der Waals surface area (Å²) >= 11 is 0. The van der Waals surface area contributed by atoms with Gasteiger partial charge in [0, 0.05) is 31.9 Å². The standard InChI is InChI=1S/C13H22N4O2S/c1-9-15-12(8-16(9)4)20(18,19)17-7-10-5-14-6-11(10)13(17,2)3/h8,10-11,14H,5-7H2,1-4H3. The minimum Gasteiger partial charge on any atom is -0.337 e. The van der Waals surface area contributed by atoms with Crippen molar-refractivity contribution in [3.63, 3.8) is 0 Å². The number of aromatic nitrogens is 2. The second-order valence-electron chi connectivity index (χ2n) is 6.45. The number of aryl methyl sites for hydroxylation is 2. The first-order valence-corrected chi connectivity index (χ1v) is 8.42. The van der Waals surface area contributed by atoms with Crippen LogP contribution in [0.2, 0.25) is 0 Å². The van der Waals surface area contributed by atoms with E-state index in [1.54, 1.807) is 15.1 Å². The van der Waals surface area contributed by atoms with Crippen molar-refractivity contribution in [3.8, 4) is 0 Å². The van der Waals surface area contributed by atoms with Gasteiger partial charge in [-0.25, -0.2) is 13.4 Å². The zero-order valence-electron chi connectivity index (χ0n) is 12.4. The van der Waals surface area contributed by atoms with Crippen LogP contribution in [0.3, 0.4) is 0 Å². The fraction of sp³-hybridized carbons (Fsp3) is 0.769. The predicted octanol–water partition coefficient (Wildman–Crippen LogP) is 0.347. The first kappa shape index (κ1) is 14.0. The lowest BCUT2D eigenvalue weighted by Gasteiger charge is -2.34. The molecule has 0 amide bonds. The van der Waals surface area contributed by atoms with Gasteiger partial charge in [-0.3, -0.25) is 0 Å². The first-order chi connectivity index (χ1) is 9.24. The van der Waals surface area contributed by atoms with E-state index in [0.717, 1.165) is 13.1 Å². The molecule has 6 nitrogen and oxygen atoms in total. The van der Waals surface area contributed by atoms with Gasteiger partial charge in [0.25, 0.3) is 10.0 Å². The normalized spacial score (nSPS) is 29.8. The summed E-state index contributed by atoms with van der Waals surface area (Å²) in [5.74, 6) is 1.49. The Hall–Kier alpha value is -0.920. The maximum Gasteiger partial charge on any atom is 0.262 e. The maximum atomic E-state index is 12.9. The van der Waals surface area contributed by atoms with Crippen LogP contribution in [-0.4, -0.2) is 47.4 Å². The first-order valence-electron chi connectivity index (χ1n) is 6.98. The van der Waals surface area contributed by atoms with Crippen molar-refractivity contribution in [1.82, 2.24) is 19.2 Å². The van der Waals surface area contributed by atoms with Gasteiger partial charge < -0.3 is 9.88 Å². The number of nitrogens with zero attached hydrogens (tertiary/aromatic N) is 3. The van der Waals surface area contributed by atoms with Crippen molar-refractivity contribution in [1.29, 1.82) is 0 Å². The van der Waals surface area contributed by atoms with Crippen LogP contribution in [0.5, 0.6) is 0 Å². The Morgan fingerprint density at radius 3 is 2.65 bits per heavy atom. The average molecular weight is 298 g/mol. The van der Waals surface area contributed by atoms with Gasteiger partial charge in [0.05, 0.1) is 0 Å². The highest BCUT2D eigenvalue weighted by molar-refractivity contribution is 7.89. The van der Waals surface area contributed by atoms with Crippen LogP contribution in [0.4, 0.5) is 0 Å². The number of nitrogens with one attached hydrogen (secondary N) is 1. The number of fused-ring (bicyclic) bond motifs is 1. The highest BCUT2D eigenvalue weighted by atomic mass is 32.2. The lowest BCUT2D eigenvalue weighted by atomic mass is 9.85. The Balaban J connectivity index is 2.00. The lowest BCUT2D eigenvalue weighted by molar-refractivity contribution is 0.233. The number of sulfonamides is 1. The number of hydrogen-bond acceptors (Lipinski definition) is 4. The largest absolute Gasteiger partial charge is 0.337 e. The van der Waals surface area contributed by atoms with Crippen LogP contribution in [0.15, 0.2) is 11.2 Å². The Labute approximate surface area is 120 Å². The van der Waals surface area contributed by atoms with Gasteiger partial charge in [-0.1, -0.05) is 0 Å². The molecule has 2 aliphatic heterocycles. The zero-order valence-corrected chi connectivity index (χ0v) is 13.2. The van der Waals surface area contributed by atoms with Gasteiger partial charge in [-0.05, 0) is 39.2 Å². The van der Waals surface area contributed by atoms with E-state index in [2.05, 4.69) is 10.3 Å². The van der Waals surface area contributed by atoms with Gasteiger partial charge in [0.2, 0.25) is 0 Å². The fourth-order valence-electron chi connectivity index (χ4n) is 3.56. The van der Waals surface area contributed by atoms with E-state index in [0.29, 0.717) is 24.2 Å². The Morgan fingerprint density at radius 1 is 1.40 bits per heavy atom. The summed E-state index contributed by atoms with van der Waals surface area (Å²) in [5.41, 5.74) is -0.363. The van der Waals surface area contributed by atoms with Crippen molar-refractivity contribution in [2.75, 3.05) is 19.6 Å². The highest BCUT2D eigenvalue weighted by Crippen LogP contribution is 2.43. The Kier molecular flexibility index (Phi) is 3.01. The molecule has 0 aliphatic carbocycles. The summed E-state index contributed by atoms with van der Waals surface area (Å²) < 4.78 is 29.2. The molecular formula is C13H22N4O2S. The monoisotopic (exact) mass is 298 g/mol. The predicted molar refractivity (Wildman–Crippen MR) is 75.8 cm³/mol. The summed E-state index contributed by atoms with van der Waals surface area (Å²) in [5, 5.41) is 3.53. The highest BCUT2D eigenvalue weighted by Gasteiger charge is 2.54. The molecule has 2 atom stereocenters. The molecule has 1 aromatic rings. The van der Waals surface area contributed by atoms with Gasteiger partial charge in [-0.15, -0.1) is 0 Å². The van der Waals surface area contributed by atoms with E-state index in [-0.39, 0.29) is 10.6 Å². The average Bonchev–Trinajstić information content (AvgIpc) is 2.99. The third-order valence-electron chi connectivity index (χ3n) is 4.93. The quantitative estimate of drug-likeness (QED) is 0.855. The molecule has 3 rings (SSSR count). The van der Waals surface area contributed by atoms with Crippen molar-refractivity contribution in [3.05, 3.63) is 12.0 Å². The smallest absolute Gasteiger partial charge is 0.262 e.